The van der Waals surface area contributed by atoms with Crippen LogP contribution in [0.5, 0.6) is 0 Å². The molecule has 0 radical (unpaired) electrons. The predicted molar refractivity (Wildman–Crippen MR) is 313 cm³/mol. The SMILES string of the molecule is c1ccc(-c2cc(-c3ccccc3)cc(-n3c4ccccc4c4cc(-c5ccc(-c6ccc(-c7ccc(-c8ccc(-c9ccc%10c(c9)c9ccccc9n%10-c9ccccc9)cc8)cc7)cc6)cc5)ccc43)c2)cc1. The van der Waals surface area contributed by atoms with Crippen molar-refractivity contribution >= 4 is 43.6 Å². The molecule has 0 bridgehead atoms. The second kappa shape index (κ2) is 18.1. The van der Waals surface area contributed by atoms with Crippen LogP contribution in [0.1, 0.15) is 0 Å². The van der Waals surface area contributed by atoms with Crippen LogP contribution in [0.4, 0.5) is 0 Å². The van der Waals surface area contributed by atoms with Gasteiger partial charge in [0.25, 0.3) is 0 Å². The van der Waals surface area contributed by atoms with Crippen molar-refractivity contribution in [3.63, 3.8) is 0 Å². The smallest absolute Gasteiger partial charge is 0.0541 e. The molecule has 0 amide bonds. The van der Waals surface area contributed by atoms with Crippen LogP contribution in [0.2, 0.25) is 0 Å². The van der Waals surface area contributed by atoms with Crippen molar-refractivity contribution in [2.24, 2.45) is 0 Å². The van der Waals surface area contributed by atoms with E-state index in [2.05, 4.69) is 300 Å². The lowest BCUT2D eigenvalue weighted by Crippen LogP contribution is -1.96. The minimum Gasteiger partial charge on any atom is -0.309 e. The molecule has 0 aliphatic rings. The molecule has 0 aliphatic heterocycles. The van der Waals surface area contributed by atoms with Crippen LogP contribution in [0.15, 0.2) is 291 Å². The Morgan fingerprint density at radius 1 is 0.149 bits per heavy atom. The molecule has 0 saturated heterocycles. The van der Waals surface area contributed by atoms with E-state index in [1.165, 1.54) is 127 Å². The highest BCUT2D eigenvalue weighted by atomic mass is 15.0. The molecule has 2 nitrogen and oxygen atoms in total. The van der Waals surface area contributed by atoms with E-state index in [-0.39, 0.29) is 0 Å². The molecule has 346 valence electrons. The second-order valence-electron chi connectivity index (χ2n) is 19.3. The van der Waals surface area contributed by atoms with E-state index < -0.39 is 0 Å². The molecule has 2 heterocycles. The van der Waals surface area contributed by atoms with Gasteiger partial charge in [0, 0.05) is 32.9 Å². The average molecular weight is 941 g/mol. The molecule has 2 heteroatoms. The van der Waals surface area contributed by atoms with Gasteiger partial charge in [-0.1, -0.05) is 224 Å². The number of hydrogen-bond donors (Lipinski definition) is 0. The minimum atomic E-state index is 1.15. The van der Waals surface area contributed by atoms with E-state index in [0.717, 1.165) is 5.69 Å². The van der Waals surface area contributed by atoms with Gasteiger partial charge in [0.2, 0.25) is 0 Å². The largest absolute Gasteiger partial charge is 0.309 e. The fourth-order valence-corrected chi connectivity index (χ4v) is 11.2. The molecule has 0 spiro atoms. The first-order valence-corrected chi connectivity index (χ1v) is 25.5. The Morgan fingerprint density at radius 3 is 0.797 bits per heavy atom. The number of nitrogens with zero attached hydrogens (tertiary/aromatic N) is 2. The van der Waals surface area contributed by atoms with Gasteiger partial charge in [0.15, 0.2) is 0 Å². The predicted octanol–water partition coefficient (Wildman–Crippen LogP) is 19.5. The van der Waals surface area contributed by atoms with Crippen LogP contribution in [-0.4, -0.2) is 9.13 Å². The molecule has 0 saturated carbocycles. The number of aromatic nitrogens is 2. The molecule has 2 aromatic heterocycles. The van der Waals surface area contributed by atoms with Gasteiger partial charge in [-0.25, -0.2) is 0 Å². The van der Waals surface area contributed by atoms with Crippen molar-refractivity contribution in [2.75, 3.05) is 0 Å². The van der Waals surface area contributed by atoms with Gasteiger partial charge in [-0.2, -0.15) is 0 Å². The lowest BCUT2D eigenvalue weighted by Gasteiger charge is -2.14. The van der Waals surface area contributed by atoms with Gasteiger partial charge in [-0.15, -0.1) is 0 Å². The van der Waals surface area contributed by atoms with Crippen LogP contribution in [0, 0.1) is 0 Å². The molecule has 0 atom stereocenters. The number of hydrogen-bond acceptors (Lipinski definition) is 0. The molecule has 74 heavy (non-hydrogen) atoms. The van der Waals surface area contributed by atoms with Crippen molar-refractivity contribution in [2.45, 2.75) is 0 Å². The topological polar surface area (TPSA) is 9.86 Å². The lowest BCUT2D eigenvalue weighted by molar-refractivity contribution is 1.18. The Labute approximate surface area is 431 Å². The zero-order chi connectivity index (χ0) is 49.0. The molecule has 0 fully saturated rings. The summed E-state index contributed by atoms with van der Waals surface area (Å²) in [4.78, 5) is 0. The van der Waals surface area contributed by atoms with Crippen LogP contribution in [-0.2, 0) is 0 Å². The third-order valence-corrected chi connectivity index (χ3v) is 15.0. The zero-order valence-corrected chi connectivity index (χ0v) is 40.6. The normalized spacial score (nSPS) is 11.5. The Balaban J connectivity index is 0.699. The van der Waals surface area contributed by atoms with Crippen molar-refractivity contribution in [1.82, 2.24) is 9.13 Å². The highest BCUT2D eigenvalue weighted by Crippen LogP contribution is 2.40. The first kappa shape index (κ1) is 43.1. The molecule has 12 aromatic carbocycles. The summed E-state index contributed by atoms with van der Waals surface area (Å²) in [5, 5.41) is 5.01. The van der Waals surface area contributed by atoms with E-state index in [1.54, 1.807) is 0 Å². The van der Waals surface area contributed by atoms with E-state index in [9.17, 15) is 0 Å². The summed E-state index contributed by atoms with van der Waals surface area (Å²) in [6.45, 7) is 0. The summed E-state index contributed by atoms with van der Waals surface area (Å²) >= 11 is 0. The van der Waals surface area contributed by atoms with Gasteiger partial charge in [-0.3, -0.25) is 0 Å². The van der Waals surface area contributed by atoms with Gasteiger partial charge in [0.05, 0.1) is 22.1 Å². The first-order chi connectivity index (χ1) is 36.7. The van der Waals surface area contributed by atoms with Crippen LogP contribution < -0.4 is 0 Å². The van der Waals surface area contributed by atoms with Gasteiger partial charge in [-0.05, 0) is 145 Å². The maximum absolute atomic E-state index is 2.43. The summed E-state index contributed by atoms with van der Waals surface area (Å²) in [6.07, 6.45) is 0. The van der Waals surface area contributed by atoms with E-state index in [4.69, 9.17) is 0 Å². The Morgan fingerprint density at radius 2 is 0.419 bits per heavy atom. The van der Waals surface area contributed by atoms with Gasteiger partial charge < -0.3 is 9.13 Å². The third kappa shape index (κ3) is 7.69. The van der Waals surface area contributed by atoms with E-state index in [0.29, 0.717) is 0 Å². The minimum absolute atomic E-state index is 1.15. The second-order valence-corrected chi connectivity index (χ2v) is 19.3. The summed E-state index contributed by atoms with van der Waals surface area (Å²) in [5.74, 6) is 0. The number of benzene rings is 12. The Kier molecular flexibility index (Phi) is 10.6. The van der Waals surface area contributed by atoms with Crippen molar-refractivity contribution in [1.29, 1.82) is 0 Å². The standard InChI is InChI=1S/C72H48N2/c1-4-14-49(15-5-1)61-44-62(50-16-6-2-7-17-50)46-64(45-61)74-70-23-13-11-21-66(70)68-48-60(41-43-72(68)74)58-38-34-56(35-39-58)54-30-26-52(27-31-54)51-24-28-53(29-25-51)55-32-36-57(37-33-55)59-40-42-71-67(47-59)65-20-10-12-22-69(65)73(71)63-18-8-3-9-19-63/h1-48H. The fraction of sp³-hybridized carbons (Fsp3) is 0. The maximum Gasteiger partial charge on any atom is 0.0541 e. The average Bonchev–Trinajstić information content (AvgIpc) is 4.00. The number of rotatable bonds is 9. The summed E-state index contributed by atoms with van der Waals surface area (Å²) in [5.41, 5.74) is 24.0. The first-order valence-electron chi connectivity index (χ1n) is 25.5. The Bertz CT molecular complexity index is 4280. The van der Waals surface area contributed by atoms with Gasteiger partial charge >= 0.3 is 0 Å². The van der Waals surface area contributed by atoms with Crippen LogP contribution >= 0.6 is 0 Å². The molecular formula is C72H48N2. The van der Waals surface area contributed by atoms with Crippen molar-refractivity contribution in [3.05, 3.63) is 291 Å². The molecule has 0 unspecified atom stereocenters. The number of fused-ring (bicyclic) bond motifs is 6. The maximum atomic E-state index is 2.43. The molecule has 14 aromatic rings. The van der Waals surface area contributed by atoms with Crippen molar-refractivity contribution < 1.29 is 0 Å². The van der Waals surface area contributed by atoms with Crippen LogP contribution in [0.3, 0.4) is 0 Å². The van der Waals surface area contributed by atoms with E-state index >= 15 is 0 Å². The monoisotopic (exact) mass is 940 g/mol. The summed E-state index contributed by atoms with van der Waals surface area (Å²) < 4.78 is 4.80. The fourth-order valence-electron chi connectivity index (χ4n) is 11.2. The highest BCUT2D eigenvalue weighted by Gasteiger charge is 2.17. The summed E-state index contributed by atoms with van der Waals surface area (Å²) in [7, 11) is 0. The molecule has 0 N–H and O–H groups in total. The van der Waals surface area contributed by atoms with Gasteiger partial charge in [0.1, 0.15) is 0 Å². The zero-order valence-electron chi connectivity index (χ0n) is 40.6. The Hall–Kier alpha value is -9.76. The molecular weight excluding hydrogens is 893 g/mol. The van der Waals surface area contributed by atoms with E-state index in [1.807, 2.05) is 0 Å². The third-order valence-electron chi connectivity index (χ3n) is 15.0. The highest BCUT2D eigenvalue weighted by molar-refractivity contribution is 6.12. The van der Waals surface area contributed by atoms with Crippen molar-refractivity contribution in [3.8, 4) is 89.3 Å². The molecule has 14 rings (SSSR count). The number of para-hydroxylation sites is 3. The lowest BCUT2D eigenvalue weighted by atomic mass is 9.96. The summed E-state index contributed by atoms with van der Waals surface area (Å²) in [6, 6.07) is 106. The van der Waals surface area contributed by atoms with Crippen LogP contribution in [0.25, 0.3) is 133 Å². The molecule has 0 aliphatic carbocycles. The quantitative estimate of drug-likeness (QED) is 0.136.